The fraction of sp³-hybridized carbons (Fsp3) is 0.364. The monoisotopic (exact) mass is 289 g/mol. The molecule has 0 radical (unpaired) electrons. The molecule has 0 heterocycles. The molecule has 0 aliphatic rings. The van der Waals surface area contributed by atoms with Gasteiger partial charge in [-0.1, -0.05) is 22.0 Å². The van der Waals surface area contributed by atoms with Crippen molar-refractivity contribution < 1.29 is 14.3 Å². The van der Waals surface area contributed by atoms with Crippen LogP contribution in [0, 0.1) is 5.82 Å². The molecule has 1 rings (SSSR count). The van der Waals surface area contributed by atoms with E-state index in [2.05, 4.69) is 21.2 Å². The Kier molecular flexibility index (Phi) is 4.44. The van der Waals surface area contributed by atoms with Gasteiger partial charge in [0.15, 0.2) is 0 Å². The standard InChI is InChI=1S/C11H13BrFNO2/c1-6(2)14-10(11(15)16)8-4-3-7(12)5-9(8)13/h3-6,10,14H,1-2H3,(H,15,16). The fourth-order valence-electron chi connectivity index (χ4n) is 1.36. The maximum absolute atomic E-state index is 13.6. The Bertz CT molecular complexity index is 396. The molecule has 0 spiro atoms. The minimum absolute atomic E-state index is 0.0378. The normalized spacial score (nSPS) is 12.8. The molecule has 0 fully saturated rings. The largest absolute Gasteiger partial charge is 0.480 e. The Balaban J connectivity index is 3.06. The highest BCUT2D eigenvalue weighted by molar-refractivity contribution is 9.10. The van der Waals surface area contributed by atoms with Crippen LogP contribution < -0.4 is 5.32 Å². The third kappa shape index (κ3) is 3.28. The highest BCUT2D eigenvalue weighted by Crippen LogP contribution is 2.21. The number of carboxylic acids is 1. The highest BCUT2D eigenvalue weighted by Gasteiger charge is 2.23. The number of benzene rings is 1. The summed E-state index contributed by atoms with van der Waals surface area (Å²) in [5.41, 5.74) is 0.143. The lowest BCUT2D eigenvalue weighted by molar-refractivity contribution is -0.139. The lowest BCUT2D eigenvalue weighted by Crippen LogP contribution is -2.34. The molecule has 3 nitrogen and oxygen atoms in total. The van der Waals surface area contributed by atoms with Crippen molar-refractivity contribution in [3.63, 3.8) is 0 Å². The predicted octanol–water partition coefficient (Wildman–Crippen LogP) is 2.71. The second kappa shape index (κ2) is 5.41. The smallest absolute Gasteiger partial charge is 0.325 e. The van der Waals surface area contributed by atoms with Crippen LogP contribution in [0.2, 0.25) is 0 Å². The predicted molar refractivity (Wildman–Crippen MR) is 62.7 cm³/mol. The van der Waals surface area contributed by atoms with Crippen molar-refractivity contribution >= 4 is 21.9 Å². The maximum Gasteiger partial charge on any atom is 0.325 e. The minimum Gasteiger partial charge on any atom is -0.480 e. The summed E-state index contributed by atoms with van der Waals surface area (Å²) >= 11 is 3.13. The molecule has 0 saturated heterocycles. The van der Waals surface area contributed by atoms with Crippen molar-refractivity contribution in [3.8, 4) is 0 Å². The molecule has 0 aromatic heterocycles. The molecular weight excluding hydrogens is 277 g/mol. The molecule has 1 unspecified atom stereocenters. The first-order valence-electron chi connectivity index (χ1n) is 4.85. The van der Waals surface area contributed by atoms with Gasteiger partial charge in [0, 0.05) is 16.1 Å². The van der Waals surface area contributed by atoms with Gasteiger partial charge in [0.25, 0.3) is 0 Å². The summed E-state index contributed by atoms with van der Waals surface area (Å²) in [7, 11) is 0. The van der Waals surface area contributed by atoms with Crippen LogP contribution in [0.15, 0.2) is 22.7 Å². The molecule has 1 aromatic carbocycles. The highest BCUT2D eigenvalue weighted by atomic mass is 79.9. The molecule has 88 valence electrons. The Morgan fingerprint density at radius 1 is 1.50 bits per heavy atom. The summed E-state index contributed by atoms with van der Waals surface area (Å²) in [5, 5.41) is 11.8. The van der Waals surface area contributed by atoms with E-state index in [-0.39, 0.29) is 11.6 Å². The molecule has 2 N–H and O–H groups in total. The molecule has 1 aromatic rings. The molecule has 0 amide bonds. The van der Waals surface area contributed by atoms with E-state index in [1.807, 2.05) is 13.8 Å². The third-order valence-electron chi connectivity index (χ3n) is 2.02. The van der Waals surface area contributed by atoms with Gasteiger partial charge >= 0.3 is 5.97 Å². The molecule has 0 aliphatic heterocycles. The zero-order valence-corrected chi connectivity index (χ0v) is 10.6. The van der Waals surface area contributed by atoms with E-state index in [4.69, 9.17) is 5.11 Å². The molecule has 5 heteroatoms. The van der Waals surface area contributed by atoms with Crippen molar-refractivity contribution in [2.24, 2.45) is 0 Å². The fourth-order valence-corrected chi connectivity index (χ4v) is 1.70. The van der Waals surface area contributed by atoms with Crippen LogP contribution in [-0.2, 0) is 4.79 Å². The van der Waals surface area contributed by atoms with Crippen molar-refractivity contribution in [2.75, 3.05) is 0 Å². The lowest BCUT2D eigenvalue weighted by atomic mass is 10.1. The van der Waals surface area contributed by atoms with Gasteiger partial charge in [-0.05, 0) is 26.0 Å². The second-order valence-corrected chi connectivity index (χ2v) is 4.67. The van der Waals surface area contributed by atoms with Crippen molar-refractivity contribution in [2.45, 2.75) is 25.9 Å². The number of rotatable bonds is 4. The molecule has 0 saturated carbocycles. The summed E-state index contributed by atoms with van der Waals surface area (Å²) in [6.45, 7) is 3.62. The van der Waals surface area contributed by atoms with Gasteiger partial charge in [0.05, 0.1) is 0 Å². The van der Waals surface area contributed by atoms with Gasteiger partial charge in [0.1, 0.15) is 11.9 Å². The zero-order valence-electron chi connectivity index (χ0n) is 9.00. The van der Waals surface area contributed by atoms with E-state index >= 15 is 0 Å². The number of aliphatic carboxylic acids is 1. The minimum atomic E-state index is -1.09. The number of nitrogens with one attached hydrogen (secondary N) is 1. The van der Waals surface area contributed by atoms with E-state index in [0.29, 0.717) is 4.47 Å². The van der Waals surface area contributed by atoms with Crippen LogP contribution in [0.4, 0.5) is 4.39 Å². The van der Waals surface area contributed by atoms with Gasteiger partial charge < -0.3 is 5.11 Å². The van der Waals surface area contributed by atoms with E-state index in [9.17, 15) is 9.18 Å². The van der Waals surface area contributed by atoms with Crippen LogP contribution in [0.25, 0.3) is 0 Å². The van der Waals surface area contributed by atoms with E-state index in [0.717, 1.165) is 0 Å². The number of carboxylic acid groups (broad SMARTS) is 1. The number of halogens is 2. The Morgan fingerprint density at radius 2 is 2.12 bits per heavy atom. The van der Waals surface area contributed by atoms with Gasteiger partial charge in [-0.2, -0.15) is 0 Å². The summed E-state index contributed by atoms with van der Waals surface area (Å²) in [5.74, 6) is -1.62. The van der Waals surface area contributed by atoms with Gasteiger partial charge in [0.2, 0.25) is 0 Å². The van der Waals surface area contributed by atoms with Crippen LogP contribution >= 0.6 is 15.9 Å². The van der Waals surface area contributed by atoms with Gasteiger partial charge in [-0.15, -0.1) is 0 Å². The topological polar surface area (TPSA) is 49.3 Å². The first-order valence-corrected chi connectivity index (χ1v) is 5.65. The SMILES string of the molecule is CC(C)NC(C(=O)O)c1ccc(Br)cc1F. The van der Waals surface area contributed by atoms with Crippen LogP contribution in [0.3, 0.4) is 0 Å². The van der Waals surface area contributed by atoms with Crippen molar-refractivity contribution in [3.05, 3.63) is 34.1 Å². The van der Waals surface area contributed by atoms with Crippen molar-refractivity contribution in [1.82, 2.24) is 5.32 Å². The summed E-state index contributed by atoms with van der Waals surface area (Å²) < 4.78 is 14.2. The quantitative estimate of drug-likeness (QED) is 0.896. The number of hydrogen-bond acceptors (Lipinski definition) is 2. The Hall–Kier alpha value is -0.940. The molecular formula is C11H13BrFNO2. The Morgan fingerprint density at radius 3 is 2.56 bits per heavy atom. The molecule has 0 aliphatic carbocycles. The first-order chi connectivity index (χ1) is 7.41. The second-order valence-electron chi connectivity index (χ2n) is 3.76. The van der Waals surface area contributed by atoms with Crippen LogP contribution in [0.5, 0.6) is 0 Å². The van der Waals surface area contributed by atoms with Gasteiger partial charge in [-0.3, -0.25) is 10.1 Å². The van der Waals surface area contributed by atoms with Gasteiger partial charge in [-0.25, -0.2) is 4.39 Å². The van der Waals surface area contributed by atoms with Crippen LogP contribution in [0.1, 0.15) is 25.5 Å². The van der Waals surface area contributed by atoms with E-state index < -0.39 is 17.8 Å². The average molecular weight is 290 g/mol. The number of hydrogen-bond donors (Lipinski definition) is 2. The molecule has 16 heavy (non-hydrogen) atoms. The van der Waals surface area contributed by atoms with Crippen LogP contribution in [-0.4, -0.2) is 17.1 Å². The lowest BCUT2D eigenvalue weighted by Gasteiger charge is -2.18. The van der Waals surface area contributed by atoms with Crippen molar-refractivity contribution in [1.29, 1.82) is 0 Å². The third-order valence-corrected chi connectivity index (χ3v) is 2.51. The molecule has 0 bridgehead atoms. The van der Waals surface area contributed by atoms with E-state index in [1.54, 1.807) is 6.07 Å². The van der Waals surface area contributed by atoms with E-state index in [1.165, 1.54) is 12.1 Å². The zero-order chi connectivity index (χ0) is 12.3. The maximum atomic E-state index is 13.6. The average Bonchev–Trinajstić information content (AvgIpc) is 2.14. The molecule has 1 atom stereocenters. The number of carbonyl (C=O) groups is 1. The summed E-state index contributed by atoms with van der Waals surface area (Å²) in [6, 6.07) is 3.29. The summed E-state index contributed by atoms with van der Waals surface area (Å²) in [4.78, 5) is 11.0. The Labute approximate surface area is 102 Å². The summed E-state index contributed by atoms with van der Waals surface area (Å²) in [6.07, 6.45) is 0. The first kappa shape index (κ1) is 13.1.